The Morgan fingerprint density at radius 2 is 2.24 bits per heavy atom. The van der Waals surface area contributed by atoms with Crippen molar-refractivity contribution < 1.29 is 9.84 Å². The molecule has 2 aromatic rings. The molecule has 3 rings (SSSR count). The van der Waals surface area contributed by atoms with E-state index < -0.39 is 0 Å². The molecule has 1 fully saturated rings. The Kier molecular flexibility index (Phi) is 6.21. The van der Waals surface area contributed by atoms with Gasteiger partial charge in [-0.2, -0.15) is 0 Å². The van der Waals surface area contributed by atoms with Gasteiger partial charge >= 0.3 is 0 Å². The summed E-state index contributed by atoms with van der Waals surface area (Å²) in [7, 11) is 0. The fourth-order valence-corrected chi connectivity index (χ4v) is 3.86. The van der Waals surface area contributed by atoms with Crippen LogP contribution in [0.1, 0.15) is 45.3 Å². The molecule has 0 saturated carbocycles. The first-order valence-electron chi connectivity index (χ1n) is 8.79. The highest BCUT2D eigenvalue weighted by atomic mass is 79.9. The van der Waals surface area contributed by atoms with Gasteiger partial charge in [0.15, 0.2) is 27.9 Å². The van der Waals surface area contributed by atoms with E-state index in [0.717, 1.165) is 12.8 Å². The first-order valence-corrected chi connectivity index (χ1v) is 9.58. The summed E-state index contributed by atoms with van der Waals surface area (Å²) in [5.74, 6) is 0.334. The summed E-state index contributed by atoms with van der Waals surface area (Å²) in [5.41, 5.74) is 7.04. The average molecular weight is 413 g/mol. The zero-order valence-corrected chi connectivity index (χ0v) is 15.9. The van der Waals surface area contributed by atoms with E-state index >= 15 is 0 Å². The van der Waals surface area contributed by atoms with E-state index in [2.05, 4.69) is 43.1 Å². The quantitative estimate of drug-likeness (QED) is 0.470. The first-order chi connectivity index (χ1) is 12.2. The third-order valence-corrected chi connectivity index (χ3v) is 5.19. The fourth-order valence-electron chi connectivity index (χ4n) is 3.28. The predicted molar refractivity (Wildman–Crippen MR) is 99.0 cm³/mol. The maximum atomic E-state index is 9.76. The zero-order chi connectivity index (χ0) is 17.8. The lowest BCUT2D eigenvalue weighted by Crippen LogP contribution is -2.52. The summed E-state index contributed by atoms with van der Waals surface area (Å²) in [5, 5.41) is 13.3. The van der Waals surface area contributed by atoms with E-state index in [9.17, 15) is 5.11 Å². The number of halogens is 1. The molecule has 0 aromatic carbocycles. The molecular formula is C16H25BrN6O2. The smallest absolute Gasteiger partial charge is 0.181 e. The number of aliphatic hydroxyl groups is 1. The summed E-state index contributed by atoms with van der Waals surface area (Å²) < 4.78 is 8.58. The first kappa shape index (κ1) is 18.5. The molecule has 3 atom stereocenters. The number of fused-ring (bicyclic) bond motifs is 1. The number of nitrogens with zero attached hydrogens (tertiary/aromatic N) is 4. The summed E-state index contributed by atoms with van der Waals surface area (Å²) in [4.78, 5) is 12.6. The highest BCUT2D eigenvalue weighted by molar-refractivity contribution is 9.10. The molecular weight excluding hydrogens is 388 g/mol. The van der Waals surface area contributed by atoms with Gasteiger partial charge in [-0.05, 0) is 22.4 Å². The summed E-state index contributed by atoms with van der Waals surface area (Å²) in [6, 6.07) is 0.159. The van der Waals surface area contributed by atoms with E-state index in [4.69, 9.17) is 10.5 Å². The Labute approximate surface area is 155 Å². The van der Waals surface area contributed by atoms with Gasteiger partial charge in [-0.25, -0.2) is 15.0 Å². The van der Waals surface area contributed by atoms with E-state index in [-0.39, 0.29) is 25.0 Å². The molecule has 1 aliphatic rings. The summed E-state index contributed by atoms with van der Waals surface area (Å²) in [6.45, 7) is 2.79. The van der Waals surface area contributed by atoms with E-state index in [1.807, 2.05) is 4.57 Å². The molecule has 3 unspecified atom stereocenters. The van der Waals surface area contributed by atoms with Crippen molar-refractivity contribution in [3.8, 4) is 0 Å². The number of aliphatic hydroxyl groups excluding tert-OH is 1. The van der Waals surface area contributed by atoms with Crippen LogP contribution in [0.3, 0.4) is 0 Å². The highest BCUT2D eigenvalue weighted by Gasteiger charge is 2.33. The monoisotopic (exact) mass is 412 g/mol. The van der Waals surface area contributed by atoms with Crippen molar-refractivity contribution in [1.29, 1.82) is 0 Å². The van der Waals surface area contributed by atoms with Crippen LogP contribution >= 0.6 is 15.9 Å². The molecule has 25 heavy (non-hydrogen) atoms. The molecule has 8 nitrogen and oxygen atoms in total. The number of rotatable bonds is 7. The van der Waals surface area contributed by atoms with Crippen molar-refractivity contribution in [2.24, 2.45) is 0 Å². The normalized spacial score (nSPS) is 24.0. The molecule has 1 saturated heterocycles. The molecule has 3 heterocycles. The molecule has 9 heteroatoms. The maximum absolute atomic E-state index is 9.76. The zero-order valence-electron chi connectivity index (χ0n) is 14.4. The lowest BCUT2D eigenvalue weighted by atomic mass is 10.0. The minimum atomic E-state index is -0.322. The summed E-state index contributed by atoms with van der Waals surface area (Å²) >= 11 is 3.45. The second-order valence-corrected chi connectivity index (χ2v) is 7.07. The second-order valence-electron chi connectivity index (χ2n) is 6.36. The lowest BCUT2D eigenvalue weighted by Gasteiger charge is -2.37. The predicted octanol–water partition coefficient (Wildman–Crippen LogP) is 1.99. The fraction of sp³-hybridized carbons (Fsp3) is 0.688. The Bertz CT molecular complexity index is 709. The van der Waals surface area contributed by atoms with Crippen molar-refractivity contribution in [3.63, 3.8) is 0 Å². The number of morpholine rings is 1. The van der Waals surface area contributed by atoms with Gasteiger partial charge < -0.3 is 20.9 Å². The van der Waals surface area contributed by atoms with Gasteiger partial charge in [-0.15, -0.1) is 0 Å². The molecule has 0 radical (unpaired) electrons. The topological polar surface area (TPSA) is 111 Å². The van der Waals surface area contributed by atoms with Gasteiger partial charge in [0.25, 0.3) is 0 Å². The largest absolute Gasteiger partial charge is 0.394 e. The minimum absolute atomic E-state index is 0.0245. The van der Waals surface area contributed by atoms with Crippen LogP contribution in [0.4, 0.5) is 5.82 Å². The number of unbranched alkanes of at least 4 members (excludes halogenated alkanes) is 3. The number of anilines is 1. The number of hydrogen-bond donors (Lipinski definition) is 3. The van der Waals surface area contributed by atoms with E-state index in [1.165, 1.54) is 25.6 Å². The highest BCUT2D eigenvalue weighted by Crippen LogP contribution is 2.29. The van der Waals surface area contributed by atoms with Crippen molar-refractivity contribution in [3.05, 3.63) is 11.1 Å². The molecule has 2 aromatic heterocycles. The number of imidazole rings is 1. The van der Waals surface area contributed by atoms with Crippen molar-refractivity contribution >= 4 is 32.9 Å². The van der Waals surface area contributed by atoms with Crippen LogP contribution in [0.25, 0.3) is 11.2 Å². The average Bonchev–Trinajstić information content (AvgIpc) is 2.96. The van der Waals surface area contributed by atoms with Crippen LogP contribution in [0.5, 0.6) is 0 Å². The van der Waals surface area contributed by atoms with E-state index in [1.54, 1.807) is 0 Å². The molecule has 0 aliphatic carbocycles. The Morgan fingerprint density at radius 1 is 1.40 bits per heavy atom. The van der Waals surface area contributed by atoms with Gasteiger partial charge in [0.1, 0.15) is 6.33 Å². The molecule has 0 amide bonds. The maximum Gasteiger partial charge on any atom is 0.181 e. The van der Waals surface area contributed by atoms with Gasteiger partial charge in [0, 0.05) is 12.6 Å². The second kappa shape index (κ2) is 8.39. The number of nitrogen functional groups attached to an aromatic ring is 1. The standard InChI is InChI=1S/C16H25BrN6O2/c1-2-3-4-5-6-10-11(8-24)25-12(7-19-10)23-15-13(22-16(23)17)14(18)20-9-21-15/h9-12,19,24H,2-8H2,1H3,(H2,18,20,21). The number of ether oxygens (including phenoxy) is 1. The van der Waals surface area contributed by atoms with Gasteiger partial charge in [-0.3, -0.25) is 4.57 Å². The molecule has 4 N–H and O–H groups in total. The van der Waals surface area contributed by atoms with E-state index in [0.29, 0.717) is 28.3 Å². The van der Waals surface area contributed by atoms with Crippen LogP contribution in [-0.2, 0) is 4.74 Å². The van der Waals surface area contributed by atoms with Crippen LogP contribution in [0.2, 0.25) is 0 Å². The Morgan fingerprint density at radius 3 is 3.00 bits per heavy atom. The molecule has 1 aliphatic heterocycles. The lowest BCUT2D eigenvalue weighted by molar-refractivity contribution is -0.117. The third-order valence-electron chi connectivity index (χ3n) is 4.63. The van der Waals surface area contributed by atoms with Crippen LogP contribution in [-0.4, -0.2) is 49.9 Å². The van der Waals surface area contributed by atoms with Gasteiger partial charge in [-0.1, -0.05) is 32.6 Å². The van der Waals surface area contributed by atoms with Gasteiger partial charge in [0.2, 0.25) is 0 Å². The number of hydrogen-bond acceptors (Lipinski definition) is 7. The number of nitrogens with two attached hydrogens (primary N) is 1. The minimum Gasteiger partial charge on any atom is -0.394 e. The Balaban J connectivity index is 1.73. The molecule has 138 valence electrons. The SMILES string of the molecule is CCCCCCC1NCC(n2c(Br)nc3c(N)ncnc32)OC1CO. The van der Waals surface area contributed by atoms with Crippen LogP contribution in [0, 0.1) is 0 Å². The summed E-state index contributed by atoms with van der Waals surface area (Å²) in [6.07, 6.45) is 6.64. The van der Waals surface area contributed by atoms with Crippen molar-refractivity contribution in [2.75, 3.05) is 18.9 Å². The Hall–Kier alpha value is -1.29. The molecule has 0 spiro atoms. The third kappa shape index (κ3) is 3.94. The van der Waals surface area contributed by atoms with Crippen LogP contribution < -0.4 is 11.1 Å². The number of nitrogens with one attached hydrogen (secondary N) is 1. The van der Waals surface area contributed by atoms with Crippen molar-refractivity contribution in [2.45, 2.75) is 57.4 Å². The van der Waals surface area contributed by atoms with Gasteiger partial charge in [0.05, 0.1) is 12.7 Å². The van der Waals surface area contributed by atoms with Crippen LogP contribution in [0.15, 0.2) is 11.1 Å². The molecule has 0 bridgehead atoms. The van der Waals surface area contributed by atoms with Crippen molar-refractivity contribution in [1.82, 2.24) is 24.8 Å². The number of aromatic nitrogens is 4.